The van der Waals surface area contributed by atoms with Gasteiger partial charge in [-0.3, -0.25) is 14.3 Å². The number of β-amino-alcohol motifs (C(OH)–C–C–N with tert-alkyl or cyclic N) is 1. The summed E-state index contributed by atoms with van der Waals surface area (Å²) in [6.45, 7) is 0.314. The molecule has 0 saturated carbocycles. The zero-order valence-electron chi connectivity index (χ0n) is 22.3. The smallest absolute Gasteiger partial charge is 0.423 e. The van der Waals surface area contributed by atoms with Crippen molar-refractivity contribution in [3.8, 4) is 11.4 Å². The van der Waals surface area contributed by atoms with Gasteiger partial charge in [-0.2, -0.15) is 13.2 Å². The zero-order chi connectivity index (χ0) is 31.3. The lowest BCUT2D eigenvalue weighted by Gasteiger charge is -2.28. The summed E-state index contributed by atoms with van der Waals surface area (Å²) >= 11 is 6.38. The normalized spacial score (nSPS) is 20.0. The lowest BCUT2D eigenvalue weighted by molar-refractivity contribution is -0.258. The molecular formula is C28H18ClF5N6O4. The number of aliphatic hydroxyl groups is 1. The van der Waals surface area contributed by atoms with Crippen LogP contribution in [-0.2, 0) is 12.2 Å². The molecule has 44 heavy (non-hydrogen) atoms. The number of amides is 3. The van der Waals surface area contributed by atoms with E-state index in [0.717, 1.165) is 24.3 Å². The summed E-state index contributed by atoms with van der Waals surface area (Å²) in [5, 5.41) is 24.1. The average molecular weight is 633 g/mol. The highest BCUT2D eigenvalue weighted by Gasteiger charge is 2.61. The van der Waals surface area contributed by atoms with Crippen LogP contribution in [0.3, 0.4) is 0 Å². The van der Waals surface area contributed by atoms with Crippen molar-refractivity contribution in [3.05, 3.63) is 93.0 Å². The third-order valence-corrected chi connectivity index (χ3v) is 8.22. The molecule has 4 heterocycles. The van der Waals surface area contributed by atoms with E-state index in [9.17, 15) is 36.6 Å². The van der Waals surface area contributed by atoms with Crippen LogP contribution in [0.15, 0.2) is 42.5 Å². The van der Waals surface area contributed by atoms with Crippen molar-refractivity contribution < 1.29 is 41.4 Å². The number of anilines is 2. The maximum absolute atomic E-state index is 14.3. The van der Waals surface area contributed by atoms with Crippen molar-refractivity contribution in [2.24, 2.45) is 0 Å². The number of hydrogen-bond acceptors (Lipinski definition) is 6. The highest BCUT2D eigenvalue weighted by molar-refractivity contribution is 6.31. The topological polar surface area (TPSA) is 122 Å². The lowest BCUT2D eigenvalue weighted by Crippen LogP contribution is -2.48. The molecule has 0 spiro atoms. The van der Waals surface area contributed by atoms with Crippen LogP contribution < -0.4 is 20.3 Å². The Morgan fingerprint density at radius 1 is 1.14 bits per heavy atom. The molecule has 0 bridgehead atoms. The molecule has 0 saturated heterocycles. The number of aromatic nitrogens is 3. The summed E-state index contributed by atoms with van der Waals surface area (Å²) in [7, 11) is 0. The van der Waals surface area contributed by atoms with Crippen LogP contribution in [0, 0.1) is 18.6 Å². The minimum atomic E-state index is -5.26. The Morgan fingerprint density at radius 3 is 2.61 bits per heavy atom. The number of ether oxygens (including phenoxy) is 1. The molecule has 2 unspecified atom stereocenters. The lowest BCUT2D eigenvalue weighted by atomic mass is 9.94. The fourth-order valence-corrected chi connectivity index (χ4v) is 6.11. The molecule has 16 heteroatoms. The number of nitrogens with zero attached hydrogens (tertiary/aromatic N) is 4. The van der Waals surface area contributed by atoms with Crippen molar-refractivity contribution in [1.82, 2.24) is 20.1 Å². The van der Waals surface area contributed by atoms with Crippen molar-refractivity contribution >= 4 is 34.9 Å². The summed E-state index contributed by atoms with van der Waals surface area (Å²) in [4.78, 5) is 27.8. The fourth-order valence-electron chi connectivity index (χ4n) is 5.88. The molecule has 0 radical (unpaired) electrons. The van der Waals surface area contributed by atoms with Crippen molar-refractivity contribution in [2.45, 2.75) is 31.3 Å². The van der Waals surface area contributed by atoms with E-state index < -0.39 is 53.5 Å². The molecule has 7 rings (SSSR count). The van der Waals surface area contributed by atoms with E-state index in [-0.39, 0.29) is 51.1 Å². The van der Waals surface area contributed by atoms with Crippen LogP contribution >= 0.6 is 11.6 Å². The number of alkyl halides is 3. The molecule has 2 atom stereocenters. The van der Waals surface area contributed by atoms with Crippen LogP contribution in [0.25, 0.3) is 5.69 Å². The number of urea groups is 1. The summed E-state index contributed by atoms with van der Waals surface area (Å²) in [6, 6.07) is 5.01. The van der Waals surface area contributed by atoms with Gasteiger partial charge in [0.2, 0.25) is 5.60 Å². The van der Waals surface area contributed by atoms with E-state index >= 15 is 0 Å². The molecular weight excluding hydrogens is 615 g/mol. The Hall–Kier alpha value is -4.76. The van der Waals surface area contributed by atoms with Gasteiger partial charge >= 0.3 is 12.2 Å². The van der Waals surface area contributed by atoms with Crippen LogP contribution in [0.4, 0.5) is 38.1 Å². The van der Waals surface area contributed by atoms with Gasteiger partial charge < -0.3 is 20.5 Å². The van der Waals surface area contributed by atoms with Gasteiger partial charge in [-0.25, -0.2) is 13.6 Å². The first-order valence-corrected chi connectivity index (χ1v) is 13.3. The molecule has 10 nitrogen and oxygen atoms in total. The van der Waals surface area contributed by atoms with E-state index in [4.69, 9.17) is 16.3 Å². The van der Waals surface area contributed by atoms with E-state index in [1.807, 2.05) is 0 Å². The van der Waals surface area contributed by atoms with Gasteiger partial charge in [0.25, 0.3) is 5.91 Å². The number of hydrogen-bond donors (Lipinski definition) is 3. The number of aryl methyl sites for hydroxylation is 1. The first-order valence-electron chi connectivity index (χ1n) is 13.0. The van der Waals surface area contributed by atoms with Crippen LogP contribution in [0.2, 0.25) is 5.02 Å². The SMILES string of the molecule is Cc1nnc2n1-c1cc(NC(=O)N3CC(O)(C(F)(F)F)c4cc(F)ccc43)c3c(c1OC2)C(=O)NC3c1cc(F)ccc1Cl. The van der Waals surface area contributed by atoms with Crippen molar-refractivity contribution in [1.29, 1.82) is 0 Å². The first kappa shape index (κ1) is 28.0. The average Bonchev–Trinajstić information content (AvgIpc) is 3.62. The maximum atomic E-state index is 14.3. The zero-order valence-corrected chi connectivity index (χ0v) is 23.0. The number of halogens is 6. The Morgan fingerprint density at radius 2 is 1.86 bits per heavy atom. The summed E-state index contributed by atoms with van der Waals surface area (Å²) < 4.78 is 77.9. The second-order valence-corrected chi connectivity index (χ2v) is 10.9. The number of nitrogens with one attached hydrogen (secondary N) is 2. The number of benzene rings is 3. The van der Waals surface area contributed by atoms with Gasteiger partial charge in [-0.1, -0.05) is 11.6 Å². The standard InChI is InChI=1S/C28H18ClF5N6O4/c1-11-37-38-20-9-44-24-19(40(11)20)8-17(21-22(24)25(41)36-23(21)14-6-12(30)2-4-16(14)29)35-26(42)39-10-27(43,28(32,33)34)15-7-13(31)3-5-18(15)39/h2-8,23,43H,9-10H2,1H3,(H,35,42)(H,36,41). The highest BCUT2D eigenvalue weighted by Crippen LogP contribution is 2.50. The number of carbonyl (C=O) groups excluding carboxylic acids is 2. The minimum absolute atomic E-state index is 0.0300. The molecule has 0 fully saturated rings. The predicted octanol–water partition coefficient (Wildman–Crippen LogP) is 5.03. The fraction of sp³-hybridized carbons (Fsp3) is 0.214. The first-order chi connectivity index (χ1) is 20.8. The van der Waals surface area contributed by atoms with Gasteiger partial charge in [0.1, 0.15) is 24.1 Å². The monoisotopic (exact) mass is 632 g/mol. The Balaban J connectivity index is 1.39. The molecule has 0 aliphatic carbocycles. The van der Waals surface area contributed by atoms with Gasteiger partial charge in [-0.15, -0.1) is 10.2 Å². The molecule has 226 valence electrons. The van der Waals surface area contributed by atoms with Crippen LogP contribution in [-0.4, -0.2) is 44.5 Å². The number of fused-ring (bicyclic) bond motifs is 6. The van der Waals surface area contributed by atoms with Crippen LogP contribution in [0.1, 0.15) is 44.7 Å². The van der Waals surface area contributed by atoms with E-state index in [1.165, 1.54) is 12.1 Å². The largest absolute Gasteiger partial charge is 0.483 e. The second kappa shape index (κ2) is 9.37. The molecule has 3 aliphatic rings. The predicted molar refractivity (Wildman–Crippen MR) is 144 cm³/mol. The molecule has 3 aliphatic heterocycles. The summed E-state index contributed by atoms with van der Waals surface area (Å²) in [5.74, 6) is -1.46. The molecule has 3 N–H and O–H groups in total. The Labute approximate surface area is 249 Å². The van der Waals surface area contributed by atoms with Crippen molar-refractivity contribution in [3.63, 3.8) is 0 Å². The minimum Gasteiger partial charge on any atom is -0.483 e. The quantitative estimate of drug-likeness (QED) is 0.267. The van der Waals surface area contributed by atoms with Gasteiger partial charge in [0.15, 0.2) is 11.6 Å². The van der Waals surface area contributed by atoms with Crippen LogP contribution in [0.5, 0.6) is 5.75 Å². The highest BCUT2D eigenvalue weighted by atomic mass is 35.5. The van der Waals surface area contributed by atoms with Gasteiger partial charge in [-0.05, 0) is 49.4 Å². The Bertz CT molecular complexity index is 1930. The second-order valence-electron chi connectivity index (χ2n) is 10.5. The number of rotatable bonds is 2. The summed E-state index contributed by atoms with van der Waals surface area (Å²) in [5.41, 5.74) is -4.38. The van der Waals surface area contributed by atoms with E-state index in [1.54, 1.807) is 11.5 Å². The van der Waals surface area contributed by atoms with E-state index in [0.29, 0.717) is 22.6 Å². The van der Waals surface area contributed by atoms with Gasteiger partial charge in [0.05, 0.1) is 35.2 Å². The number of carbonyl (C=O) groups is 2. The molecule has 1 aromatic heterocycles. The van der Waals surface area contributed by atoms with Gasteiger partial charge in [0, 0.05) is 21.7 Å². The third-order valence-electron chi connectivity index (χ3n) is 7.88. The summed E-state index contributed by atoms with van der Waals surface area (Å²) in [6.07, 6.45) is -5.26. The van der Waals surface area contributed by atoms with E-state index in [2.05, 4.69) is 20.8 Å². The maximum Gasteiger partial charge on any atom is 0.423 e. The molecule has 4 aromatic rings. The Kier molecular flexibility index (Phi) is 5.97. The third kappa shape index (κ3) is 3.95. The van der Waals surface area contributed by atoms with Crippen molar-refractivity contribution in [2.75, 3.05) is 16.8 Å². The molecule has 3 aromatic carbocycles. The molecule has 3 amide bonds.